The lowest BCUT2D eigenvalue weighted by atomic mass is 10.4. The minimum absolute atomic E-state index is 0.0730. The molecule has 1 aromatic heterocycles. The number of aryl methyl sites for hydroxylation is 1. The summed E-state index contributed by atoms with van der Waals surface area (Å²) in [6, 6.07) is 1.92. The summed E-state index contributed by atoms with van der Waals surface area (Å²) in [7, 11) is 0. The van der Waals surface area contributed by atoms with E-state index in [0.29, 0.717) is 13.0 Å². The second-order valence-corrected chi connectivity index (χ2v) is 4.91. The third kappa shape index (κ3) is 8.28. The van der Waals surface area contributed by atoms with Gasteiger partial charge in [-0.05, 0) is 25.8 Å². The number of amides is 1. The molecule has 1 aromatic rings. The molecule has 0 fully saturated rings. The first kappa shape index (κ1) is 18.0. The molecule has 1 heterocycles. The third-order valence-electron chi connectivity index (χ3n) is 2.94. The van der Waals surface area contributed by atoms with Gasteiger partial charge in [0.05, 0.1) is 0 Å². The summed E-state index contributed by atoms with van der Waals surface area (Å²) in [5.74, 6) is 0.829. The molecule has 3 N–H and O–H groups in total. The number of carbonyl (C=O) groups excluding carboxylic acids is 1. The standard InChI is InChI=1S/C15H28N6O/c1-3-8-17-14(22)7-11-19-15(16-4-2)18-9-5-12-21-13-6-10-20-21/h6,10,13H,3-5,7-9,11-12H2,1-2H3,(H,17,22)(H2,16,18,19). The van der Waals surface area contributed by atoms with Gasteiger partial charge in [-0.1, -0.05) is 6.92 Å². The molecule has 0 aliphatic rings. The summed E-state index contributed by atoms with van der Waals surface area (Å²) in [6.07, 6.45) is 6.06. The van der Waals surface area contributed by atoms with Crippen LogP contribution in [0.25, 0.3) is 0 Å². The maximum absolute atomic E-state index is 11.5. The molecule has 0 aliphatic heterocycles. The predicted molar refractivity (Wildman–Crippen MR) is 88.7 cm³/mol. The Morgan fingerprint density at radius 1 is 1.23 bits per heavy atom. The van der Waals surface area contributed by atoms with Gasteiger partial charge in [0.1, 0.15) is 0 Å². The number of guanidine groups is 1. The van der Waals surface area contributed by atoms with Crippen molar-refractivity contribution in [3.8, 4) is 0 Å². The molecule has 0 aromatic carbocycles. The van der Waals surface area contributed by atoms with E-state index < -0.39 is 0 Å². The van der Waals surface area contributed by atoms with Gasteiger partial charge in [0.25, 0.3) is 0 Å². The van der Waals surface area contributed by atoms with E-state index in [0.717, 1.165) is 45.0 Å². The third-order valence-corrected chi connectivity index (χ3v) is 2.94. The average Bonchev–Trinajstić information content (AvgIpc) is 3.02. The second-order valence-electron chi connectivity index (χ2n) is 4.91. The topological polar surface area (TPSA) is 83.3 Å². The molecule has 0 atom stereocenters. The zero-order valence-corrected chi connectivity index (χ0v) is 13.6. The van der Waals surface area contributed by atoms with Crippen LogP contribution in [0.2, 0.25) is 0 Å². The molecule has 0 saturated heterocycles. The summed E-state index contributed by atoms with van der Waals surface area (Å²) in [5.41, 5.74) is 0. The van der Waals surface area contributed by atoms with Crippen molar-refractivity contribution in [2.75, 3.05) is 26.2 Å². The monoisotopic (exact) mass is 308 g/mol. The molecule has 0 bridgehead atoms. The highest BCUT2D eigenvalue weighted by molar-refractivity contribution is 5.81. The molecule has 0 saturated carbocycles. The van der Waals surface area contributed by atoms with Crippen LogP contribution in [0.4, 0.5) is 0 Å². The minimum atomic E-state index is 0.0730. The van der Waals surface area contributed by atoms with Gasteiger partial charge >= 0.3 is 0 Å². The summed E-state index contributed by atoms with van der Waals surface area (Å²) in [6.45, 7) is 7.76. The van der Waals surface area contributed by atoms with Crippen molar-refractivity contribution in [3.63, 3.8) is 0 Å². The van der Waals surface area contributed by atoms with Crippen LogP contribution in [0.3, 0.4) is 0 Å². The van der Waals surface area contributed by atoms with Crippen molar-refractivity contribution in [3.05, 3.63) is 18.5 Å². The molecular formula is C15H28N6O. The quantitative estimate of drug-likeness (QED) is 0.338. The molecule has 22 heavy (non-hydrogen) atoms. The van der Waals surface area contributed by atoms with E-state index in [1.807, 2.05) is 30.8 Å². The zero-order chi connectivity index (χ0) is 16.0. The Morgan fingerprint density at radius 3 is 2.77 bits per heavy atom. The Balaban J connectivity index is 2.21. The summed E-state index contributed by atoms with van der Waals surface area (Å²) >= 11 is 0. The molecular weight excluding hydrogens is 280 g/mol. The fourth-order valence-electron chi connectivity index (χ4n) is 1.85. The molecule has 0 aliphatic carbocycles. The van der Waals surface area contributed by atoms with E-state index >= 15 is 0 Å². The highest BCUT2D eigenvalue weighted by atomic mass is 16.1. The summed E-state index contributed by atoms with van der Waals surface area (Å²) in [4.78, 5) is 16.0. The molecule has 7 nitrogen and oxygen atoms in total. The summed E-state index contributed by atoms with van der Waals surface area (Å²) < 4.78 is 1.90. The number of hydrogen-bond acceptors (Lipinski definition) is 3. The summed E-state index contributed by atoms with van der Waals surface area (Å²) in [5, 5.41) is 13.4. The van der Waals surface area contributed by atoms with Crippen LogP contribution in [0.1, 0.15) is 33.1 Å². The molecule has 0 unspecified atom stereocenters. The van der Waals surface area contributed by atoms with Gasteiger partial charge in [-0.2, -0.15) is 5.10 Å². The Bertz CT molecular complexity index is 429. The number of nitrogens with zero attached hydrogens (tertiary/aromatic N) is 3. The van der Waals surface area contributed by atoms with Gasteiger partial charge in [-0.25, -0.2) is 0 Å². The van der Waals surface area contributed by atoms with Crippen LogP contribution in [0.15, 0.2) is 23.5 Å². The lowest BCUT2D eigenvalue weighted by molar-refractivity contribution is -0.120. The highest BCUT2D eigenvalue weighted by Gasteiger charge is 2.01. The van der Waals surface area contributed by atoms with Gasteiger partial charge in [0.15, 0.2) is 5.96 Å². The van der Waals surface area contributed by atoms with Crippen LogP contribution in [0.5, 0.6) is 0 Å². The van der Waals surface area contributed by atoms with Crippen molar-refractivity contribution >= 4 is 11.9 Å². The van der Waals surface area contributed by atoms with Crippen LogP contribution < -0.4 is 16.0 Å². The smallest absolute Gasteiger partial charge is 0.221 e. The van der Waals surface area contributed by atoms with E-state index in [1.165, 1.54) is 0 Å². The Labute approximate surface area is 132 Å². The number of rotatable bonds is 10. The number of aromatic nitrogens is 2. The SMILES string of the molecule is CCCNC(=O)CCNC(=NCCCn1cccn1)NCC. The van der Waals surface area contributed by atoms with Crippen LogP contribution >= 0.6 is 0 Å². The maximum atomic E-state index is 11.5. The van der Waals surface area contributed by atoms with Gasteiger partial charge in [-0.15, -0.1) is 0 Å². The van der Waals surface area contributed by atoms with E-state index in [4.69, 9.17) is 0 Å². The lowest BCUT2D eigenvalue weighted by Crippen LogP contribution is -2.39. The van der Waals surface area contributed by atoms with Crippen LogP contribution in [0, 0.1) is 0 Å². The molecule has 7 heteroatoms. The van der Waals surface area contributed by atoms with Crippen molar-refractivity contribution in [1.29, 1.82) is 0 Å². The van der Waals surface area contributed by atoms with Crippen molar-refractivity contribution in [2.24, 2.45) is 4.99 Å². The molecule has 0 spiro atoms. The Hall–Kier alpha value is -2.05. The lowest BCUT2D eigenvalue weighted by Gasteiger charge is -2.11. The number of carbonyl (C=O) groups is 1. The number of aliphatic imine (C=N–C) groups is 1. The maximum Gasteiger partial charge on any atom is 0.221 e. The number of hydrogen-bond donors (Lipinski definition) is 3. The largest absolute Gasteiger partial charge is 0.357 e. The van der Waals surface area contributed by atoms with Gasteiger partial charge in [0, 0.05) is 51.5 Å². The molecule has 0 radical (unpaired) electrons. The van der Waals surface area contributed by atoms with Crippen molar-refractivity contribution in [1.82, 2.24) is 25.7 Å². The molecule has 1 rings (SSSR count). The first-order valence-electron chi connectivity index (χ1n) is 8.02. The van der Waals surface area contributed by atoms with E-state index in [9.17, 15) is 4.79 Å². The fourth-order valence-corrected chi connectivity index (χ4v) is 1.85. The second kappa shape index (κ2) is 11.6. The van der Waals surface area contributed by atoms with Crippen LogP contribution in [-0.4, -0.2) is 47.8 Å². The van der Waals surface area contributed by atoms with Gasteiger partial charge in [0.2, 0.25) is 5.91 Å². The highest BCUT2D eigenvalue weighted by Crippen LogP contribution is 1.90. The fraction of sp³-hybridized carbons (Fsp3) is 0.667. The average molecular weight is 308 g/mol. The van der Waals surface area contributed by atoms with Crippen molar-refractivity contribution < 1.29 is 4.79 Å². The molecule has 1 amide bonds. The van der Waals surface area contributed by atoms with Gasteiger partial charge in [-0.3, -0.25) is 14.5 Å². The number of nitrogens with one attached hydrogen (secondary N) is 3. The van der Waals surface area contributed by atoms with E-state index in [-0.39, 0.29) is 5.91 Å². The predicted octanol–water partition coefficient (Wildman–Crippen LogP) is 0.745. The first-order chi connectivity index (χ1) is 10.8. The first-order valence-corrected chi connectivity index (χ1v) is 8.02. The zero-order valence-electron chi connectivity index (χ0n) is 13.6. The van der Waals surface area contributed by atoms with E-state index in [2.05, 4.69) is 26.0 Å². The van der Waals surface area contributed by atoms with Crippen LogP contribution in [-0.2, 0) is 11.3 Å². The normalized spacial score (nSPS) is 11.3. The molecule has 124 valence electrons. The van der Waals surface area contributed by atoms with Crippen molar-refractivity contribution in [2.45, 2.75) is 39.7 Å². The van der Waals surface area contributed by atoms with E-state index in [1.54, 1.807) is 6.20 Å². The Kier molecular flexibility index (Phi) is 9.48. The van der Waals surface area contributed by atoms with Gasteiger partial charge < -0.3 is 16.0 Å². The minimum Gasteiger partial charge on any atom is -0.357 e. The Morgan fingerprint density at radius 2 is 2.09 bits per heavy atom.